The average Bonchev–Trinajstić information content (AvgIpc) is 2.86. The van der Waals surface area contributed by atoms with Crippen molar-refractivity contribution in [3.8, 4) is 11.3 Å². The predicted molar refractivity (Wildman–Crippen MR) is 127 cm³/mol. The molecule has 0 bridgehead atoms. The van der Waals surface area contributed by atoms with Gasteiger partial charge in [0.05, 0.1) is 29.7 Å². The number of hydrogen-bond acceptors (Lipinski definition) is 6. The van der Waals surface area contributed by atoms with Gasteiger partial charge in [0.2, 0.25) is 0 Å². The van der Waals surface area contributed by atoms with Gasteiger partial charge in [-0.1, -0.05) is 12.1 Å². The number of ether oxygens (including phenoxy) is 1. The molecule has 0 saturated carbocycles. The van der Waals surface area contributed by atoms with E-state index in [-0.39, 0.29) is 17.8 Å². The van der Waals surface area contributed by atoms with Gasteiger partial charge in [-0.15, -0.1) is 0 Å². The highest BCUT2D eigenvalue weighted by molar-refractivity contribution is 6.03. The summed E-state index contributed by atoms with van der Waals surface area (Å²) < 4.78 is 49.0. The molecule has 1 aliphatic heterocycles. The Balaban J connectivity index is 1.63. The fourth-order valence-corrected chi connectivity index (χ4v) is 4.11. The Morgan fingerprint density at radius 3 is 2.58 bits per heavy atom. The lowest BCUT2D eigenvalue weighted by Crippen LogP contribution is -2.50. The Morgan fingerprint density at radius 2 is 1.89 bits per heavy atom. The Bertz CT molecular complexity index is 1300. The molecule has 1 saturated heterocycles. The van der Waals surface area contributed by atoms with Gasteiger partial charge in [-0.25, -0.2) is 18.2 Å². The van der Waals surface area contributed by atoms with Gasteiger partial charge in [0.1, 0.15) is 34.9 Å². The number of carbonyl (C=O) groups excluding carboxylic acids is 1. The number of pyridine rings is 2. The quantitative estimate of drug-likeness (QED) is 0.453. The number of rotatable bonds is 5. The normalized spacial score (nSPS) is 22.4. The van der Waals surface area contributed by atoms with Gasteiger partial charge < -0.3 is 20.9 Å². The minimum absolute atomic E-state index is 0.261. The predicted octanol–water partition coefficient (Wildman–Crippen LogP) is 4.30. The van der Waals surface area contributed by atoms with Crippen LogP contribution in [-0.2, 0) is 4.74 Å². The van der Waals surface area contributed by atoms with Crippen molar-refractivity contribution >= 4 is 11.6 Å². The number of hydrogen-bond donors (Lipinski definition) is 3. The molecule has 0 radical (unpaired) electrons. The van der Waals surface area contributed by atoms with Crippen molar-refractivity contribution in [2.24, 2.45) is 5.73 Å². The van der Waals surface area contributed by atoms with Gasteiger partial charge in [-0.2, -0.15) is 0 Å². The standard InChI is InChI=1S/C26H25F3N4O3/c1-3-13(2)25-24(34)18(30)11-21(36-25)14-9-10-31-12-20(14)33-26(35)19-8-7-17(29)23(32-19)22-15(27)5-4-6-16(22)28/h3-10,12,18,21,24-25,34H,11,30H2,1-2H3,(H,33,35)/b13-3+/t18-,21+,24-,25+/m0/s1. The molecule has 3 heterocycles. The van der Waals surface area contributed by atoms with Crippen LogP contribution in [0.5, 0.6) is 0 Å². The van der Waals surface area contributed by atoms with Gasteiger partial charge in [-0.3, -0.25) is 9.78 Å². The largest absolute Gasteiger partial charge is 0.388 e. The van der Waals surface area contributed by atoms with Crippen molar-refractivity contribution in [2.45, 2.75) is 44.6 Å². The van der Waals surface area contributed by atoms with E-state index < -0.39 is 59.0 Å². The topological polar surface area (TPSA) is 110 Å². The lowest BCUT2D eigenvalue weighted by molar-refractivity contribution is -0.111. The number of nitrogens with one attached hydrogen (secondary N) is 1. The molecule has 10 heteroatoms. The Morgan fingerprint density at radius 1 is 1.17 bits per heavy atom. The van der Waals surface area contributed by atoms with Gasteiger partial charge in [0.25, 0.3) is 5.91 Å². The van der Waals surface area contributed by atoms with Crippen molar-refractivity contribution in [3.63, 3.8) is 0 Å². The smallest absolute Gasteiger partial charge is 0.274 e. The molecule has 0 aliphatic carbocycles. The van der Waals surface area contributed by atoms with Crippen LogP contribution in [0.4, 0.5) is 18.9 Å². The highest BCUT2D eigenvalue weighted by atomic mass is 19.1. The summed E-state index contributed by atoms with van der Waals surface area (Å²) in [6, 6.07) is 6.21. The fourth-order valence-electron chi connectivity index (χ4n) is 4.11. The van der Waals surface area contributed by atoms with Crippen LogP contribution < -0.4 is 11.1 Å². The number of benzene rings is 1. The number of anilines is 1. The number of aliphatic hydroxyl groups excluding tert-OH is 1. The van der Waals surface area contributed by atoms with Crippen molar-refractivity contribution in [1.82, 2.24) is 9.97 Å². The first-order valence-electron chi connectivity index (χ1n) is 11.3. The highest BCUT2D eigenvalue weighted by Gasteiger charge is 2.38. The van der Waals surface area contributed by atoms with Crippen LogP contribution in [-0.4, -0.2) is 39.2 Å². The van der Waals surface area contributed by atoms with E-state index in [9.17, 15) is 23.1 Å². The number of nitrogens with zero attached hydrogens (tertiary/aromatic N) is 2. The van der Waals surface area contributed by atoms with E-state index in [2.05, 4.69) is 15.3 Å². The summed E-state index contributed by atoms with van der Waals surface area (Å²) in [5.74, 6) is -3.74. The molecule has 1 aliphatic rings. The number of allylic oxidation sites excluding steroid dienone is 1. The fraction of sp³-hybridized carbons (Fsp3) is 0.269. The molecule has 2 aromatic heterocycles. The third kappa shape index (κ3) is 5.01. The first kappa shape index (κ1) is 25.5. The molecule has 4 rings (SSSR count). The van der Waals surface area contributed by atoms with Crippen LogP contribution in [0.15, 0.2) is 60.4 Å². The molecule has 0 spiro atoms. The van der Waals surface area contributed by atoms with Crippen LogP contribution in [0, 0.1) is 17.5 Å². The average molecular weight is 499 g/mol. The van der Waals surface area contributed by atoms with Crippen molar-refractivity contribution in [3.05, 3.63) is 89.2 Å². The van der Waals surface area contributed by atoms with Crippen LogP contribution >= 0.6 is 0 Å². The van der Waals surface area contributed by atoms with Gasteiger partial charge in [-0.05, 0) is 56.2 Å². The molecule has 4 N–H and O–H groups in total. The second kappa shape index (κ2) is 10.6. The maximum Gasteiger partial charge on any atom is 0.274 e. The molecule has 1 aromatic carbocycles. The third-order valence-electron chi connectivity index (χ3n) is 6.18. The molecule has 36 heavy (non-hydrogen) atoms. The first-order chi connectivity index (χ1) is 17.2. The molecule has 3 aromatic rings. The number of nitrogens with two attached hydrogens (primary N) is 1. The van der Waals surface area contributed by atoms with Gasteiger partial charge in [0.15, 0.2) is 0 Å². The SMILES string of the molecule is C/C=C(\C)[C@H]1O[C@@H](c2ccncc2NC(=O)c2ccc(F)c(-c3c(F)cccc3F)n2)C[C@H](N)[C@@H]1O. The highest BCUT2D eigenvalue weighted by Crippen LogP contribution is 2.36. The van der Waals surface area contributed by atoms with E-state index in [4.69, 9.17) is 10.5 Å². The number of amides is 1. The van der Waals surface area contributed by atoms with Crippen LogP contribution in [0.1, 0.15) is 42.4 Å². The van der Waals surface area contributed by atoms with Crippen molar-refractivity contribution in [1.29, 1.82) is 0 Å². The summed E-state index contributed by atoms with van der Waals surface area (Å²) in [4.78, 5) is 21.0. The number of halogens is 3. The van der Waals surface area contributed by atoms with E-state index in [1.807, 2.05) is 19.9 Å². The van der Waals surface area contributed by atoms with Crippen LogP contribution in [0.2, 0.25) is 0 Å². The summed E-state index contributed by atoms with van der Waals surface area (Å²) in [6.45, 7) is 3.66. The molecule has 4 atom stereocenters. The maximum absolute atomic E-state index is 14.4. The summed E-state index contributed by atoms with van der Waals surface area (Å²) in [5, 5.41) is 13.1. The number of aromatic nitrogens is 2. The van der Waals surface area contributed by atoms with Crippen LogP contribution in [0.25, 0.3) is 11.3 Å². The molecular formula is C26H25F3N4O3. The zero-order chi connectivity index (χ0) is 26.0. The third-order valence-corrected chi connectivity index (χ3v) is 6.18. The van der Waals surface area contributed by atoms with E-state index in [0.29, 0.717) is 5.56 Å². The zero-order valence-electron chi connectivity index (χ0n) is 19.6. The Kier molecular flexibility index (Phi) is 7.48. The van der Waals surface area contributed by atoms with E-state index in [0.717, 1.165) is 35.9 Å². The monoisotopic (exact) mass is 498 g/mol. The van der Waals surface area contributed by atoms with Crippen molar-refractivity contribution in [2.75, 3.05) is 5.32 Å². The van der Waals surface area contributed by atoms with Crippen molar-refractivity contribution < 1.29 is 27.8 Å². The molecule has 1 fully saturated rings. The molecule has 0 unspecified atom stereocenters. The first-order valence-corrected chi connectivity index (χ1v) is 11.3. The molecule has 1 amide bonds. The Hall–Kier alpha value is -3.60. The molecular weight excluding hydrogens is 473 g/mol. The lowest BCUT2D eigenvalue weighted by atomic mass is 9.89. The minimum atomic E-state index is -1.01. The lowest BCUT2D eigenvalue weighted by Gasteiger charge is -2.39. The second-order valence-corrected chi connectivity index (χ2v) is 8.51. The summed E-state index contributed by atoms with van der Waals surface area (Å²) in [7, 11) is 0. The van der Waals surface area contributed by atoms with E-state index >= 15 is 0 Å². The maximum atomic E-state index is 14.4. The molecule has 7 nitrogen and oxygen atoms in total. The number of aliphatic hydroxyl groups is 1. The van der Waals surface area contributed by atoms with Crippen LogP contribution in [0.3, 0.4) is 0 Å². The van der Waals surface area contributed by atoms with E-state index in [1.54, 1.807) is 6.07 Å². The van der Waals surface area contributed by atoms with Gasteiger partial charge in [0, 0.05) is 17.8 Å². The summed E-state index contributed by atoms with van der Waals surface area (Å²) >= 11 is 0. The zero-order valence-corrected chi connectivity index (χ0v) is 19.6. The Labute approximate surface area is 205 Å². The van der Waals surface area contributed by atoms with Gasteiger partial charge >= 0.3 is 0 Å². The summed E-state index contributed by atoms with van der Waals surface area (Å²) in [5.41, 5.74) is 6.29. The minimum Gasteiger partial charge on any atom is -0.388 e. The van der Waals surface area contributed by atoms with E-state index in [1.165, 1.54) is 12.4 Å². The summed E-state index contributed by atoms with van der Waals surface area (Å²) in [6.07, 6.45) is 2.96. The second-order valence-electron chi connectivity index (χ2n) is 8.51. The molecule has 188 valence electrons. The number of carbonyl (C=O) groups is 1.